The number of amides is 1. The summed E-state index contributed by atoms with van der Waals surface area (Å²) in [6.07, 6.45) is 3.40. The van der Waals surface area contributed by atoms with E-state index in [0.717, 1.165) is 0 Å². The second-order valence-corrected chi connectivity index (χ2v) is 5.34. The van der Waals surface area contributed by atoms with Crippen LogP contribution < -0.4 is 5.56 Å². The summed E-state index contributed by atoms with van der Waals surface area (Å²) in [4.78, 5) is 37.2. The molecule has 8 heteroatoms. The lowest BCUT2D eigenvalue weighted by molar-refractivity contribution is 0.0689. The maximum absolute atomic E-state index is 12.7. The molecule has 0 unspecified atom stereocenters. The first-order chi connectivity index (χ1) is 11.6. The van der Waals surface area contributed by atoms with Crippen LogP contribution in [-0.2, 0) is 13.6 Å². The number of aliphatic hydroxyl groups excluding tert-OH is 1. The van der Waals surface area contributed by atoms with Crippen LogP contribution in [0.15, 0.2) is 41.5 Å². The fourth-order valence-corrected chi connectivity index (χ4v) is 2.43. The zero-order chi connectivity index (χ0) is 17.1. The molecule has 8 nitrogen and oxygen atoms in total. The summed E-state index contributed by atoms with van der Waals surface area (Å²) in [7, 11) is 1.82. The number of rotatable bonds is 5. The van der Waals surface area contributed by atoms with Gasteiger partial charge in [-0.1, -0.05) is 12.1 Å². The lowest BCUT2D eigenvalue weighted by atomic mass is 10.2. The third-order valence-electron chi connectivity index (χ3n) is 3.73. The number of carbonyl (C=O) groups is 1. The highest BCUT2D eigenvalue weighted by Gasteiger charge is 2.20. The Morgan fingerprint density at radius 1 is 1.38 bits per heavy atom. The van der Waals surface area contributed by atoms with E-state index in [1.54, 1.807) is 41.2 Å². The lowest BCUT2D eigenvalue weighted by Crippen LogP contribution is -2.36. The van der Waals surface area contributed by atoms with Crippen molar-refractivity contribution in [3.05, 3.63) is 58.7 Å². The molecule has 24 heavy (non-hydrogen) atoms. The van der Waals surface area contributed by atoms with Crippen LogP contribution in [-0.4, -0.2) is 48.6 Å². The van der Waals surface area contributed by atoms with Crippen molar-refractivity contribution >= 4 is 16.8 Å². The molecular formula is C16H17N5O3. The van der Waals surface area contributed by atoms with Crippen LogP contribution in [0.25, 0.3) is 10.9 Å². The Balaban J connectivity index is 1.95. The van der Waals surface area contributed by atoms with Gasteiger partial charge in [-0.3, -0.25) is 9.59 Å². The minimum Gasteiger partial charge on any atom is -0.395 e. The molecule has 0 aliphatic carbocycles. The van der Waals surface area contributed by atoms with Crippen LogP contribution in [0.3, 0.4) is 0 Å². The van der Waals surface area contributed by atoms with Crippen molar-refractivity contribution in [1.82, 2.24) is 24.4 Å². The average molecular weight is 327 g/mol. The van der Waals surface area contributed by atoms with Gasteiger partial charge in [0.1, 0.15) is 5.82 Å². The molecule has 2 aromatic heterocycles. The summed E-state index contributed by atoms with van der Waals surface area (Å²) in [5, 5.41) is 9.67. The van der Waals surface area contributed by atoms with Gasteiger partial charge in [-0.25, -0.2) is 9.97 Å². The molecule has 3 aromatic rings. The van der Waals surface area contributed by atoms with Gasteiger partial charge in [0, 0.05) is 26.0 Å². The molecule has 0 spiro atoms. The van der Waals surface area contributed by atoms with Gasteiger partial charge in [-0.05, 0) is 12.1 Å². The Bertz CT molecular complexity index is 931. The smallest absolute Gasteiger partial charge is 0.290 e. The van der Waals surface area contributed by atoms with Gasteiger partial charge < -0.3 is 19.6 Å². The van der Waals surface area contributed by atoms with Crippen molar-refractivity contribution in [3.8, 4) is 0 Å². The fraction of sp³-hybridized carbons (Fsp3) is 0.250. The van der Waals surface area contributed by atoms with Gasteiger partial charge in [-0.15, -0.1) is 0 Å². The molecular weight excluding hydrogens is 310 g/mol. The summed E-state index contributed by atoms with van der Waals surface area (Å²) >= 11 is 0. The summed E-state index contributed by atoms with van der Waals surface area (Å²) in [6.45, 7) is 0.121. The topological polar surface area (TPSA) is 104 Å². The van der Waals surface area contributed by atoms with E-state index >= 15 is 0 Å². The van der Waals surface area contributed by atoms with E-state index in [0.29, 0.717) is 16.7 Å². The Hall–Kier alpha value is -3.00. The SMILES string of the molecule is Cn1ccnc1CN(CCO)C(=O)c1nc2ccccc2c(=O)[nH]1. The molecule has 124 valence electrons. The maximum atomic E-state index is 12.7. The number of hydrogen-bond acceptors (Lipinski definition) is 5. The second-order valence-electron chi connectivity index (χ2n) is 5.34. The van der Waals surface area contributed by atoms with Gasteiger partial charge in [0.15, 0.2) is 5.82 Å². The molecule has 0 saturated heterocycles. The van der Waals surface area contributed by atoms with Gasteiger partial charge in [-0.2, -0.15) is 0 Å². The van der Waals surface area contributed by atoms with Crippen LogP contribution in [0.4, 0.5) is 0 Å². The fourth-order valence-electron chi connectivity index (χ4n) is 2.43. The first-order valence-corrected chi connectivity index (χ1v) is 7.45. The van der Waals surface area contributed by atoms with Crippen LogP contribution in [0.5, 0.6) is 0 Å². The molecule has 3 rings (SSSR count). The minimum absolute atomic E-state index is 0.0543. The standard InChI is InChI=1S/C16H17N5O3/c1-20-7-6-17-13(20)10-21(8-9-22)16(24)14-18-12-5-3-2-4-11(12)15(23)19-14/h2-7,22H,8-10H2,1H3,(H,18,19,23). The molecule has 0 radical (unpaired) electrons. The quantitative estimate of drug-likeness (QED) is 0.701. The minimum atomic E-state index is -0.463. The van der Waals surface area contributed by atoms with E-state index < -0.39 is 5.91 Å². The molecule has 1 amide bonds. The van der Waals surface area contributed by atoms with Crippen LogP contribution >= 0.6 is 0 Å². The number of carbonyl (C=O) groups excluding carboxylic acids is 1. The summed E-state index contributed by atoms with van der Waals surface area (Å²) in [5.41, 5.74) is 0.0791. The number of aliphatic hydroxyl groups is 1. The average Bonchev–Trinajstić information content (AvgIpc) is 2.99. The maximum Gasteiger partial charge on any atom is 0.290 e. The van der Waals surface area contributed by atoms with Gasteiger partial charge in [0.25, 0.3) is 11.5 Å². The van der Waals surface area contributed by atoms with E-state index in [2.05, 4.69) is 15.0 Å². The number of nitrogens with zero attached hydrogens (tertiary/aromatic N) is 4. The Labute approximate surface area is 137 Å². The molecule has 0 aliphatic rings. The lowest BCUT2D eigenvalue weighted by Gasteiger charge is -2.20. The first-order valence-electron chi connectivity index (χ1n) is 7.45. The Morgan fingerprint density at radius 2 is 2.17 bits per heavy atom. The first kappa shape index (κ1) is 15.9. The Morgan fingerprint density at radius 3 is 2.88 bits per heavy atom. The number of fused-ring (bicyclic) bond motifs is 1. The zero-order valence-corrected chi connectivity index (χ0v) is 13.1. The van der Waals surface area contributed by atoms with Gasteiger partial charge in [0.2, 0.25) is 0 Å². The van der Waals surface area contributed by atoms with Crippen molar-refractivity contribution in [1.29, 1.82) is 0 Å². The zero-order valence-electron chi connectivity index (χ0n) is 13.1. The summed E-state index contributed by atoms with van der Waals surface area (Å²) in [5.74, 6) is 0.149. The molecule has 2 heterocycles. The highest BCUT2D eigenvalue weighted by Crippen LogP contribution is 2.09. The highest BCUT2D eigenvalue weighted by atomic mass is 16.3. The number of benzene rings is 1. The number of H-pyrrole nitrogens is 1. The number of nitrogens with one attached hydrogen (secondary N) is 1. The molecule has 0 bridgehead atoms. The summed E-state index contributed by atoms with van der Waals surface area (Å²) in [6, 6.07) is 6.81. The number of aromatic nitrogens is 4. The second kappa shape index (κ2) is 6.63. The number of imidazole rings is 1. The van der Waals surface area contributed by atoms with Crippen molar-refractivity contribution in [2.24, 2.45) is 7.05 Å². The monoisotopic (exact) mass is 327 g/mol. The Kier molecular flexibility index (Phi) is 4.39. The van der Waals surface area contributed by atoms with E-state index in [1.165, 1.54) is 4.90 Å². The number of aryl methyl sites for hydroxylation is 1. The normalized spacial score (nSPS) is 10.9. The molecule has 1 aromatic carbocycles. The summed E-state index contributed by atoms with van der Waals surface area (Å²) < 4.78 is 1.79. The van der Waals surface area contributed by atoms with E-state index in [-0.39, 0.29) is 31.1 Å². The molecule has 0 atom stereocenters. The third kappa shape index (κ3) is 3.04. The van der Waals surface area contributed by atoms with Gasteiger partial charge >= 0.3 is 0 Å². The highest BCUT2D eigenvalue weighted by molar-refractivity contribution is 5.92. The van der Waals surface area contributed by atoms with Crippen LogP contribution in [0, 0.1) is 0 Å². The predicted octanol–water partition coefficient (Wildman–Crippen LogP) is 0.291. The van der Waals surface area contributed by atoms with Crippen molar-refractivity contribution < 1.29 is 9.90 Å². The van der Waals surface area contributed by atoms with Crippen LogP contribution in [0.1, 0.15) is 16.4 Å². The van der Waals surface area contributed by atoms with E-state index in [1.807, 2.05) is 7.05 Å². The molecule has 0 aliphatic heterocycles. The van der Waals surface area contributed by atoms with Gasteiger partial charge in [0.05, 0.1) is 24.1 Å². The van der Waals surface area contributed by atoms with Crippen LogP contribution in [0.2, 0.25) is 0 Å². The largest absolute Gasteiger partial charge is 0.395 e. The van der Waals surface area contributed by atoms with Crippen molar-refractivity contribution in [2.75, 3.05) is 13.2 Å². The van der Waals surface area contributed by atoms with Crippen molar-refractivity contribution in [3.63, 3.8) is 0 Å². The number of para-hydroxylation sites is 1. The number of hydrogen-bond donors (Lipinski definition) is 2. The van der Waals surface area contributed by atoms with E-state index in [9.17, 15) is 14.7 Å². The third-order valence-corrected chi connectivity index (χ3v) is 3.73. The molecule has 0 saturated carbocycles. The number of aromatic amines is 1. The van der Waals surface area contributed by atoms with E-state index in [4.69, 9.17) is 0 Å². The van der Waals surface area contributed by atoms with Crippen molar-refractivity contribution in [2.45, 2.75) is 6.54 Å². The predicted molar refractivity (Wildman–Crippen MR) is 87.4 cm³/mol. The molecule has 0 fully saturated rings. The molecule has 2 N–H and O–H groups in total.